The number of nitrogens with one attached hydrogen (secondary N) is 2. The lowest BCUT2D eigenvalue weighted by Gasteiger charge is -2.16. The molecule has 0 spiro atoms. The fourth-order valence-corrected chi connectivity index (χ4v) is 1.57. The summed E-state index contributed by atoms with van der Waals surface area (Å²) in [5, 5.41) is 9.79. The molecule has 1 aromatic heterocycles. The van der Waals surface area contributed by atoms with Gasteiger partial charge in [-0.1, -0.05) is 27.7 Å². The number of H-pyrrole nitrogens is 1. The predicted molar refractivity (Wildman–Crippen MR) is 73.2 cm³/mol. The zero-order valence-corrected chi connectivity index (χ0v) is 11.9. The highest BCUT2D eigenvalue weighted by molar-refractivity contribution is 5.91. The van der Waals surface area contributed by atoms with Crippen LogP contribution in [0, 0.1) is 11.3 Å². The number of carbonyl (C=O) groups excluding carboxylic acids is 1. The van der Waals surface area contributed by atoms with Crippen molar-refractivity contribution in [3.8, 4) is 0 Å². The molecule has 4 N–H and O–H groups in total. The molecule has 2 atom stereocenters. The van der Waals surface area contributed by atoms with Crippen LogP contribution in [0.3, 0.4) is 0 Å². The molecule has 102 valence electrons. The molecule has 0 aliphatic carbocycles. The van der Waals surface area contributed by atoms with Gasteiger partial charge in [-0.15, -0.1) is 0 Å². The number of hydrogen-bond acceptors (Lipinski definition) is 3. The van der Waals surface area contributed by atoms with Gasteiger partial charge in [0.1, 0.15) is 0 Å². The minimum atomic E-state index is -0.229. The van der Waals surface area contributed by atoms with E-state index in [1.807, 2.05) is 19.9 Å². The third kappa shape index (κ3) is 4.49. The van der Waals surface area contributed by atoms with Gasteiger partial charge in [0, 0.05) is 17.8 Å². The zero-order valence-electron chi connectivity index (χ0n) is 11.9. The Labute approximate surface area is 109 Å². The number of amides is 1. The summed E-state index contributed by atoms with van der Waals surface area (Å²) in [4.78, 5) is 11.8. The molecule has 0 fully saturated rings. The molecule has 0 saturated carbocycles. The number of nitrogens with two attached hydrogens (primary N) is 1. The fraction of sp³-hybridized carbons (Fsp3) is 0.692. The summed E-state index contributed by atoms with van der Waals surface area (Å²) >= 11 is 0. The Bertz CT molecular complexity index is 403. The van der Waals surface area contributed by atoms with Gasteiger partial charge in [0.2, 0.25) is 5.91 Å². The number of nitrogens with zero attached hydrogens (tertiary/aromatic N) is 1. The molecule has 0 saturated heterocycles. The van der Waals surface area contributed by atoms with Crippen LogP contribution in [0.15, 0.2) is 6.07 Å². The Morgan fingerprint density at radius 3 is 2.61 bits per heavy atom. The molecule has 1 aromatic rings. The van der Waals surface area contributed by atoms with E-state index in [4.69, 9.17) is 5.73 Å². The summed E-state index contributed by atoms with van der Waals surface area (Å²) in [5.41, 5.74) is 6.90. The molecule has 0 aliphatic heterocycles. The van der Waals surface area contributed by atoms with Crippen LogP contribution in [0.2, 0.25) is 0 Å². The number of carbonyl (C=O) groups is 1. The van der Waals surface area contributed by atoms with Crippen LogP contribution in [-0.4, -0.2) is 22.1 Å². The van der Waals surface area contributed by atoms with Crippen molar-refractivity contribution in [3.05, 3.63) is 11.8 Å². The molecule has 1 heterocycles. The van der Waals surface area contributed by atoms with Crippen LogP contribution in [0.25, 0.3) is 0 Å². The lowest BCUT2D eigenvalue weighted by Crippen LogP contribution is -2.34. The summed E-state index contributed by atoms with van der Waals surface area (Å²) in [6.45, 7) is 10.1. The Morgan fingerprint density at radius 2 is 2.11 bits per heavy atom. The van der Waals surface area contributed by atoms with E-state index in [1.165, 1.54) is 0 Å². The molecule has 1 rings (SSSR count). The van der Waals surface area contributed by atoms with Gasteiger partial charge in [0.05, 0.1) is 5.92 Å². The first-order valence-electron chi connectivity index (χ1n) is 6.30. The van der Waals surface area contributed by atoms with Crippen molar-refractivity contribution in [2.24, 2.45) is 17.1 Å². The average Bonchev–Trinajstić information content (AvgIpc) is 2.61. The second-order valence-electron chi connectivity index (χ2n) is 6.15. The summed E-state index contributed by atoms with van der Waals surface area (Å²) in [6, 6.07) is 1.70. The van der Waals surface area contributed by atoms with E-state index in [2.05, 4.69) is 36.3 Å². The highest BCUT2D eigenvalue weighted by Gasteiger charge is 2.19. The fourth-order valence-electron chi connectivity index (χ4n) is 1.57. The monoisotopic (exact) mass is 252 g/mol. The number of anilines is 1. The highest BCUT2D eigenvalue weighted by atomic mass is 16.2. The van der Waals surface area contributed by atoms with Gasteiger partial charge in [-0.25, -0.2) is 0 Å². The Hall–Kier alpha value is -1.36. The van der Waals surface area contributed by atoms with Crippen LogP contribution in [0.5, 0.6) is 0 Å². The maximum atomic E-state index is 11.8. The van der Waals surface area contributed by atoms with Gasteiger partial charge in [0.15, 0.2) is 5.82 Å². The van der Waals surface area contributed by atoms with E-state index in [0.717, 1.165) is 12.1 Å². The third-order valence-corrected chi connectivity index (χ3v) is 2.81. The molecule has 0 bridgehead atoms. The molecule has 2 unspecified atom stereocenters. The third-order valence-electron chi connectivity index (χ3n) is 2.81. The minimum Gasteiger partial charge on any atom is -0.327 e. The average molecular weight is 252 g/mol. The van der Waals surface area contributed by atoms with Crippen LogP contribution in [-0.2, 0) is 11.2 Å². The lowest BCUT2D eigenvalue weighted by molar-refractivity contribution is -0.119. The van der Waals surface area contributed by atoms with Crippen LogP contribution < -0.4 is 11.1 Å². The first-order valence-corrected chi connectivity index (χ1v) is 6.30. The van der Waals surface area contributed by atoms with Crippen molar-refractivity contribution >= 4 is 11.7 Å². The molecule has 0 aromatic carbocycles. The number of rotatable bonds is 4. The SMILES string of the molecule is CC(N)C(C)C(=O)Nc1cc(CC(C)(C)C)[nH]n1. The molecule has 18 heavy (non-hydrogen) atoms. The first-order chi connectivity index (χ1) is 8.19. The van der Waals surface area contributed by atoms with E-state index in [9.17, 15) is 4.79 Å². The molecular weight excluding hydrogens is 228 g/mol. The van der Waals surface area contributed by atoms with Gasteiger partial charge in [-0.3, -0.25) is 9.89 Å². The predicted octanol–water partition coefficient (Wildman–Crippen LogP) is 1.92. The largest absolute Gasteiger partial charge is 0.327 e. The smallest absolute Gasteiger partial charge is 0.229 e. The summed E-state index contributed by atoms with van der Waals surface area (Å²) < 4.78 is 0. The van der Waals surface area contributed by atoms with Gasteiger partial charge >= 0.3 is 0 Å². The molecule has 0 aliphatic rings. The minimum absolute atomic E-state index is 0.0983. The molecular formula is C13H24N4O. The van der Waals surface area contributed by atoms with Crippen molar-refractivity contribution in [2.75, 3.05) is 5.32 Å². The number of aromatic amines is 1. The zero-order chi connectivity index (χ0) is 13.9. The van der Waals surface area contributed by atoms with Gasteiger partial charge in [0.25, 0.3) is 0 Å². The van der Waals surface area contributed by atoms with Crippen molar-refractivity contribution in [1.82, 2.24) is 10.2 Å². The van der Waals surface area contributed by atoms with Crippen molar-refractivity contribution in [2.45, 2.75) is 47.1 Å². The Kier molecular flexibility index (Phi) is 4.51. The maximum absolute atomic E-state index is 11.8. The standard InChI is InChI=1S/C13H24N4O/c1-8(9(2)14)12(18)15-11-6-10(16-17-11)7-13(3,4)5/h6,8-9H,7,14H2,1-5H3,(H2,15,16,17,18). The Balaban J connectivity index is 2.62. The van der Waals surface area contributed by atoms with Crippen molar-refractivity contribution in [1.29, 1.82) is 0 Å². The topological polar surface area (TPSA) is 83.8 Å². The first kappa shape index (κ1) is 14.7. The summed E-state index contributed by atoms with van der Waals surface area (Å²) in [6.07, 6.45) is 0.888. The number of aromatic nitrogens is 2. The second-order valence-corrected chi connectivity index (χ2v) is 6.15. The van der Waals surface area contributed by atoms with Gasteiger partial charge < -0.3 is 11.1 Å². The molecule has 5 nitrogen and oxygen atoms in total. The maximum Gasteiger partial charge on any atom is 0.229 e. The Morgan fingerprint density at radius 1 is 1.50 bits per heavy atom. The van der Waals surface area contributed by atoms with E-state index >= 15 is 0 Å². The van der Waals surface area contributed by atoms with E-state index in [0.29, 0.717) is 5.82 Å². The molecule has 5 heteroatoms. The van der Waals surface area contributed by atoms with Crippen LogP contribution in [0.4, 0.5) is 5.82 Å². The van der Waals surface area contributed by atoms with Crippen molar-refractivity contribution < 1.29 is 4.79 Å². The second kappa shape index (κ2) is 5.52. The lowest BCUT2D eigenvalue weighted by atomic mass is 9.91. The number of hydrogen-bond donors (Lipinski definition) is 3. The van der Waals surface area contributed by atoms with E-state index in [1.54, 1.807) is 0 Å². The normalized spacial score (nSPS) is 15.2. The summed E-state index contributed by atoms with van der Waals surface area (Å²) in [5.74, 6) is 0.235. The molecule has 1 amide bonds. The quantitative estimate of drug-likeness (QED) is 0.765. The van der Waals surface area contributed by atoms with Crippen molar-refractivity contribution in [3.63, 3.8) is 0 Å². The van der Waals surface area contributed by atoms with E-state index < -0.39 is 0 Å². The summed E-state index contributed by atoms with van der Waals surface area (Å²) in [7, 11) is 0. The van der Waals surface area contributed by atoms with Gasteiger partial charge in [-0.2, -0.15) is 5.10 Å². The molecule has 0 radical (unpaired) electrons. The van der Waals surface area contributed by atoms with Crippen LogP contribution >= 0.6 is 0 Å². The van der Waals surface area contributed by atoms with E-state index in [-0.39, 0.29) is 23.3 Å². The van der Waals surface area contributed by atoms with Crippen LogP contribution in [0.1, 0.15) is 40.3 Å². The highest BCUT2D eigenvalue weighted by Crippen LogP contribution is 2.20. The van der Waals surface area contributed by atoms with Gasteiger partial charge in [-0.05, 0) is 18.8 Å².